The average Bonchev–Trinajstić information content (AvgIpc) is 2.21. The molecule has 0 aromatic heterocycles. The van der Waals surface area contributed by atoms with Crippen molar-refractivity contribution in [3.63, 3.8) is 0 Å². The molecule has 2 heteroatoms. The second-order valence-electron chi connectivity index (χ2n) is 5.70. The molecule has 1 fully saturated rings. The van der Waals surface area contributed by atoms with Crippen LogP contribution in [-0.4, -0.2) is 18.0 Å². The van der Waals surface area contributed by atoms with Crippen LogP contribution < -0.4 is 0 Å². The van der Waals surface area contributed by atoms with E-state index in [-0.39, 0.29) is 16.4 Å². The Morgan fingerprint density at radius 1 is 1.38 bits per heavy atom. The molecule has 1 aliphatic carbocycles. The lowest BCUT2D eigenvalue weighted by Crippen LogP contribution is -2.59. The van der Waals surface area contributed by atoms with Crippen LogP contribution in [0.3, 0.4) is 0 Å². The Morgan fingerprint density at radius 2 is 1.94 bits per heavy atom. The smallest absolute Gasteiger partial charge is 0.139 e. The van der Waals surface area contributed by atoms with Gasteiger partial charge in [0, 0.05) is 23.9 Å². The van der Waals surface area contributed by atoms with Gasteiger partial charge in [0.05, 0.1) is 5.60 Å². The summed E-state index contributed by atoms with van der Waals surface area (Å²) in [5, 5.41) is 0. The lowest BCUT2D eigenvalue weighted by atomic mass is 9.52. The van der Waals surface area contributed by atoms with E-state index in [0.717, 1.165) is 6.42 Å². The lowest BCUT2D eigenvalue weighted by molar-refractivity contribution is -0.174. The van der Waals surface area contributed by atoms with E-state index in [1.807, 2.05) is 26.8 Å². The number of ketones is 1. The van der Waals surface area contributed by atoms with Gasteiger partial charge < -0.3 is 4.74 Å². The first-order valence-corrected chi connectivity index (χ1v) is 6.06. The number of hydrogen-bond donors (Lipinski definition) is 0. The summed E-state index contributed by atoms with van der Waals surface area (Å²) in [6, 6.07) is 0. The van der Waals surface area contributed by atoms with Crippen LogP contribution in [0.5, 0.6) is 0 Å². The first-order chi connectivity index (χ1) is 7.25. The van der Waals surface area contributed by atoms with Gasteiger partial charge in [-0.05, 0) is 13.3 Å². The van der Waals surface area contributed by atoms with Crippen molar-refractivity contribution in [1.82, 2.24) is 0 Å². The third-order valence-electron chi connectivity index (χ3n) is 4.77. The van der Waals surface area contributed by atoms with Crippen LogP contribution in [0.1, 0.15) is 47.5 Å². The summed E-state index contributed by atoms with van der Waals surface area (Å²) in [5.74, 6) is 0.328. The molecule has 0 radical (unpaired) electrons. The van der Waals surface area contributed by atoms with Gasteiger partial charge >= 0.3 is 0 Å². The number of hydrogen-bond acceptors (Lipinski definition) is 2. The molecule has 0 N–H and O–H groups in total. The van der Waals surface area contributed by atoms with Crippen LogP contribution in [0.2, 0.25) is 0 Å². The molecule has 0 aromatic carbocycles. The summed E-state index contributed by atoms with van der Waals surface area (Å²) in [6.45, 7) is 14.8. The topological polar surface area (TPSA) is 26.3 Å². The van der Waals surface area contributed by atoms with Crippen LogP contribution in [-0.2, 0) is 9.53 Å². The Kier molecular flexibility index (Phi) is 3.35. The van der Waals surface area contributed by atoms with Gasteiger partial charge in [-0.3, -0.25) is 4.79 Å². The summed E-state index contributed by atoms with van der Waals surface area (Å²) in [7, 11) is 0. The third kappa shape index (κ3) is 1.55. The highest BCUT2D eigenvalue weighted by Gasteiger charge is 2.58. The van der Waals surface area contributed by atoms with Crippen molar-refractivity contribution in [2.24, 2.45) is 10.8 Å². The van der Waals surface area contributed by atoms with Gasteiger partial charge in [0.1, 0.15) is 5.78 Å². The van der Waals surface area contributed by atoms with Crippen LogP contribution in [0.15, 0.2) is 12.7 Å². The SMILES string of the molecule is C=CC1(OCC)CCC(=O)C(C)(C)C1(C)C. The molecular weight excluding hydrogens is 200 g/mol. The van der Waals surface area contributed by atoms with Gasteiger partial charge in [-0.15, -0.1) is 6.58 Å². The van der Waals surface area contributed by atoms with E-state index in [2.05, 4.69) is 20.4 Å². The fourth-order valence-corrected chi connectivity index (χ4v) is 2.73. The number of carbonyl (C=O) groups is 1. The minimum absolute atomic E-state index is 0.229. The molecule has 1 rings (SSSR count). The molecule has 0 bridgehead atoms. The predicted octanol–water partition coefficient (Wildman–Crippen LogP) is 3.36. The van der Waals surface area contributed by atoms with Gasteiger partial charge in [0.2, 0.25) is 0 Å². The highest BCUT2D eigenvalue weighted by molar-refractivity contribution is 5.86. The van der Waals surface area contributed by atoms with Crippen LogP contribution in [0, 0.1) is 10.8 Å². The minimum atomic E-state index is -0.376. The second kappa shape index (κ2) is 3.99. The largest absolute Gasteiger partial charge is 0.371 e. The molecule has 1 saturated carbocycles. The Labute approximate surface area is 99.1 Å². The predicted molar refractivity (Wildman–Crippen MR) is 66.4 cm³/mol. The number of rotatable bonds is 3. The monoisotopic (exact) mass is 224 g/mol. The van der Waals surface area contributed by atoms with Crippen molar-refractivity contribution >= 4 is 5.78 Å². The van der Waals surface area contributed by atoms with Gasteiger partial charge in [0.25, 0.3) is 0 Å². The summed E-state index contributed by atoms with van der Waals surface area (Å²) >= 11 is 0. The zero-order valence-electron chi connectivity index (χ0n) is 11.2. The van der Waals surface area contributed by atoms with Crippen molar-refractivity contribution in [3.05, 3.63) is 12.7 Å². The maximum Gasteiger partial charge on any atom is 0.139 e. The van der Waals surface area contributed by atoms with Crippen LogP contribution in [0.25, 0.3) is 0 Å². The maximum atomic E-state index is 12.0. The number of carbonyl (C=O) groups excluding carboxylic acids is 1. The van der Waals surface area contributed by atoms with Crippen LogP contribution >= 0.6 is 0 Å². The molecule has 0 heterocycles. The summed E-state index contributed by atoms with van der Waals surface area (Å²) in [4.78, 5) is 12.0. The van der Waals surface area contributed by atoms with E-state index >= 15 is 0 Å². The Morgan fingerprint density at radius 3 is 2.38 bits per heavy atom. The van der Waals surface area contributed by atoms with E-state index in [9.17, 15) is 4.79 Å². The quantitative estimate of drug-likeness (QED) is 0.687. The van der Waals surface area contributed by atoms with E-state index < -0.39 is 0 Å². The first-order valence-electron chi connectivity index (χ1n) is 6.06. The first kappa shape index (κ1) is 13.4. The molecule has 0 saturated heterocycles. The standard InChI is InChI=1S/C14H24O2/c1-7-14(16-8-2)10-9-11(15)12(3,4)13(14,5)6/h7H,1,8-10H2,2-6H3. The Bertz CT molecular complexity index is 302. The van der Waals surface area contributed by atoms with Gasteiger partial charge in [0.15, 0.2) is 0 Å². The normalized spacial score (nSPS) is 32.4. The highest BCUT2D eigenvalue weighted by Crippen LogP contribution is 2.55. The number of ether oxygens (including phenoxy) is 1. The molecule has 0 spiro atoms. The van der Waals surface area contributed by atoms with Gasteiger partial charge in [-0.2, -0.15) is 0 Å². The third-order valence-corrected chi connectivity index (χ3v) is 4.77. The molecular formula is C14H24O2. The lowest BCUT2D eigenvalue weighted by Gasteiger charge is -2.56. The molecule has 1 atom stereocenters. The fraction of sp³-hybridized carbons (Fsp3) is 0.786. The zero-order valence-corrected chi connectivity index (χ0v) is 11.2. The summed E-state index contributed by atoms with van der Waals surface area (Å²) in [6.07, 6.45) is 3.23. The average molecular weight is 224 g/mol. The van der Waals surface area contributed by atoms with Crippen molar-refractivity contribution in [2.75, 3.05) is 6.61 Å². The summed E-state index contributed by atoms with van der Waals surface area (Å²) in [5.41, 5.74) is -0.971. The molecule has 1 unspecified atom stereocenters. The second-order valence-corrected chi connectivity index (χ2v) is 5.70. The van der Waals surface area contributed by atoms with Gasteiger partial charge in [-0.1, -0.05) is 33.8 Å². The Balaban J connectivity index is 3.23. The molecule has 0 amide bonds. The molecule has 0 aliphatic heterocycles. The van der Waals surface area contributed by atoms with E-state index in [1.54, 1.807) is 0 Å². The van der Waals surface area contributed by atoms with Crippen molar-refractivity contribution in [3.8, 4) is 0 Å². The molecule has 0 aromatic rings. The molecule has 92 valence electrons. The van der Waals surface area contributed by atoms with Crippen molar-refractivity contribution < 1.29 is 9.53 Å². The maximum absolute atomic E-state index is 12.0. The van der Waals surface area contributed by atoms with Crippen LogP contribution in [0.4, 0.5) is 0 Å². The van der Waals surface area contributed by atoms with E-state index in [4.69, 9.17) is 4.74 Å². The van der Waals surface area contributed by atoms with Crippen molar-refractivity contribution in [2.45, 2.75) is 53.1 Å². The van der Waals surface area contributed by atoms with Gasteiger partial charge in [-0.25, -0.2) is 0 Å². The Hall–Kier alpha value is -0.630. The number of Topliss-reactive ketones (excluding diaryl/α,β-unsaturated/α-hetero) is 1. The highest BCUT2D eigenvalue weighted by atomic mass is 16.5. The molecule has 1 aliphatic rings. The van der Waals surface area contributed by atoms with E-state index in [1.165, 1.54) is 0 Å². The van der Waals surface area contributed by atoms with Crippen molar-refractivity contribution in [1.29, 1.82) is 0 Å². The van der Waals surface area contributed by atoms with E-state index in [0.29, 0.717) is 18.8 Å². The molecule has 16 heavy (non-hydrogen) atoms. The zero-order chi connectivity index (χ0) is 12.6. The fourth-order valence-electron chi connectivity index (χ4n) is 2.73. The summed E-state index contributed by atoms with van der Waals surface area (Å²) < 4.78 is 5.95. The molecule has 2 nitrogen and oxygen atoms in total. The minimum Gasteiger partial charge on any atom is -0.371 e.